The van der Waals surface area contributed by atoms with Gasteiger partial charge in [0.1, 0.15) is 5.02 Å². The lowest BCUT2D eigenvalue weighted by molar-refractivity contribution is 0.568. The molecule has 1 aliphatic carbocycles. The summed E-state index contributed by atoms with van der Waals surface area (Å²) in [5, 5.41) is 7.75. The molecule has 1 aromatic rings. The van der Waals surface area contributed by atoms with Gasteiger partial charge >= 0.3 is 0 Å². The second-order valence-electron chi connectivity index (χ2n) is 5.35. The minimum Gasteiger partial charge on any atom is -0.381 e. The van der Waals surface area contributed by atoms with Crippen LogP contribution in [-0.4, -0.2) is 27.3 Å². The number of nitrogens with zero attached hydrogens (tertiary/aromatic N) is 2. The molecular weight excluding hydrogens is 294 g/mol. The molecule has 1 fully saturated rings. The van der Waals surface area contributed by atoms with Crippen molar-refractivity contribution in [1.29, 1.82) is 0 Å². The lowest BCUT2D eigenvalue weighted by Crippen LogP contribution is -2.31. The number of hydrogen-bond donors (Lipinski definition) is 1. The normalized spacial score (nSPS) is 17.4. The Bertz CT molecular complexity index is 512. The van der Waals surface area contributed by atoms with Gasteiger partial charge in [-0.1, -0.05) is 31.4 Å². The van der Waals surface area contributed by atoms with Crippen LogP contribution < -0.4 is 10.9 Å². The Balaban J connectivity index is 2.10. The molecule has 0 aromatic carbocycles. The maximum Gasteiger partial charge on any atom is 0.287 e. The van der Waals surface area contributed by atoms with Gasteiger partial charge in [-0.05, 0) is 25.5 Å². The third-order valence-electron chi connectivity index (χ3n) is 3.97. The number of halogens is 1. The maximum absolute atomic E-state index is 12.0. The van der Waals surface area contributed by atoms with Crippen LogP contribution in [0.1, 0.15) is 39.0 Å². The maximum atomic E-state index is 12.0. The molecule has 4 nitrogen and oxygen atoms in total. The van der Waals surface area contributed by atoms with Crippen molar-refractivity contribution in [1.82, 2.24) is 9.78 Å². The number of thioether (sulfide) groups is 1. The predicted octanol–water partition coefficient (Wildman–Crippen LogP) is 3.39. The molecule has 1 aliphatic rings. The molecule has 0 radical (unpaired) electrons. The predicted molar refractivity (Wildman–Crippen MR) is 87.0 cm³/mol. The largest absolute Gasteiger partial charge is 0.381 e. The fourth-order valence-electron chi connectivity index (χ4n) is 2.69. The van der Waals surface area contributed by atoms with Crippen LogP contribution in [0, 0.1) is 0 Å². The molecule has 1 aromatic heterocycles. The van der Waals surface area contributed by atoms with Gasteiger partial charge in [0.05, 0.1) is 11.9 Å². The van der Waals surface area contributed by atoms with Crippen LogP contribution in [0.25, 0.3) is 0 Å². The van der Waals surface area contributed by atoms with E-state index < -0.39 is 0 Å². The van der Waals surface area contributed by atoms with Gasteiger partial charge in [-0.25, -0.2) is 4.68 Å². The number of aryl methyl sites for hydroxylation is 1. The van der Waals surface area contributed by atoms with E-state index in [0.717, 1.165) is 13.0 Å². The highest BCUT2D eigenvalue weighted by molar-refractivity contribution is 8.00. The van der Waals surface area contributed by atoms with E-state index in [1.165, 1.54) is 30.4 Å². The van der Waals surface area contributed by atoms with E-state index in [0.29, 0.717) is 12.2 Å². The molecule has 0 unspecified atom stereocenters. The zero-order valence-electron chi connectivity index (χ0n) is 12.1. The van der Waals surface area contributed by atoms with Crippen molar-refractivity contribution in [2.24, 2.45) is 0 Å². The fourth-order valence-corrected chi connectivity index (χ4v) is 3.81. The Morgan fingerprint density at radius 1 is 1.50 bits per heavy atom. The Kier molecular flexibility index (Phi) is 5.38. The van der Waals surface area contributed by atoms with Crippen LogP contribution in [0.5, 0.6) is 0 Å². The van der Waals surface area contributed by atoms with Crippen LogP contribution in [0.4, 0.5) is 5.69 Å². The first-order valence-corrected chi connectivity index (χ1v) is 8.77. The van der Waals surface area contributed by atoms with Crippen LogP contribution in [0.3, 0.4) is 0 Å². The van der Waals surface area contributed by atoms with Crippen molar-refractivity contribution in [2.45, 2.75) is 50.3 Å². The zero-order valence-corrected chi connectivity index (χ0v) is 13.7. The number of hydrogen-bond acceptors (Lipinski definition) is 4. The van der Waals surface area contributed by atoms with Crippen LogP contribution in [0.15, 0.2) is 11.0 Å². The summed E-state index contributed by atoms with van der Waals surface area (Å²) in [5.74, 6) is 0. The minimum atomic E-state index is -0.205. The van der Waals surface area contributed by atoms with Gasteiger partial charge in [-0.2, -0.15) is 16.9 Å². The van der Waals surface area contributed by atoms with E-state index in [1.54, 1.807) is 6.20 Å². The first kappa shape index (κ1) is 15.7. The summed E-state index contributed by atoms with van der Waals surface area (Å²) in [6.07, 6.45) is 9.71. The molecule has 0 spiro atoms. The Morgan fingerprint density at radius 3 is 2.80 bits per heavy atom. The molecule has 2 rings (SSSR count). The molecule has 0 amide bonds. The second-order valence-corrected chi connectivity index (χ2v) is 7.00. The van der Waals surface area contributed by atoms with Gasteiger partial charge in [0.2, 0.25) is 0 Å². The van der Waals surface area contributed by atoms with Crippen molar-refractivity contribution in [3.8, 4) is 0 Å². The molecule has 6 heteroatoms. The molecule has 1 saturated carbocycles. The van der Waals surface area contributed by atoms with E-state index >= 15 is 0 Å². The number of nitrogens with one attached hydrogen (secondary N) is 1. The second kappa shape index (κ2) is 6.85. The first-order valence-electron chi connectivity index (χ1n) is 7.16. The summed E-state index contributed by atoms with van der Waals surface area (Å²) in [6, 6.07) is 0. The third kappa shape index (κ3) is 3.31. The van der Waals surface area contributed by atoms with Crippen molar-refractivity contribution in [3.63, 3.8) is 0 Å². The summed E-state index contributed by atoms with van der Waals surface area (Å²) in [5.41, 5.74) is 0.451. The van der Waals surface area contributed by atoms with E-state index in [9.17, 15) is 4.79 Å². The van der Waals surface area contributed by atoms with Gasteiger partial charge in [0.15, 0.2) is 0 Å². The summed E-state index contributed by atoms with van der Waals surface area (Å²) in [6.45, 7) is 3.46. The smallest absolute Gasteiger partial charge is 0.287 e. The summed E-state index contributed by atoms with van der Waals surface area (Å²) in [4.78, 5) is 12.0. The monoisotopic (exact) mass is 315 g/mol. The van der Waals surface area contributed by atoms with Crippen LogP contribution >= 0.6 is 23.4 Å². The Morgan fingerprint density at radius 2 is 2.20 bits per heavy atom. The minimum absolute atomic E-state index is 0.205. The van der Waals surface area contributed by atoms with E-state index in [4.69, 9.17) is 11.6 Å². The SMILES string of the molecule is CCCn1ncc(NCC2(SC)CCCC2)c(Cl)c1=O. The van der Waals surface area contributed by atoms with Gasteiger partial charge in [0, 0.05) is 17.8 Å². The summed E-state index contributed by atoms with van der Waals surface area (Å²) < 4.78 is 1.70. The molecular formula is C14H22ClN3OS. The highest BCUT2D eigenvalue weighted by Crippen LogP contribution is 2.40. The molecule has 0 saturated heterocycles. The van der Waals surface area contributed by atoms with Crippen molar-refractivity contribution in [3.05, 3.63) is 21.6 Å². The summed E-state index contributed by atoms with van der Waals surface area (Å²) >= 11 is 8.08. The molecule has 1 heterocycles. The Hall–Kier alpha value is -0.680. The van der Waals surface area contributed by atoms with Crippen molar-refractivity contribution in [2.75, 3.05) is 18.1 Å². The lowest BCUT2D eigenvalue weighted by atomic mass is 10.1. The number of anilines is 1. The van der Waals surface area contributed by atoms with E-state index in [-0.39, 0.29) is 15.3 Å². The topological polar surface area (TPSA) is 46.9 Å². The number of rotatable bonds is 6. The molecule has 0 atom stereocenters. The summed E-state index contributed by atoms with van der Waals surface area (Å²) in [7, 11) is 0. The Labute approximate surface area is 129 Å². The fraction of sp³-hybridized carbons (Fsp3) is 0.714. The standard InChI is InChI=1S/C14H22ClN3OS/c1-3-8-18-13(19)12(15)11(9-17-18)16-10-14(20-2)6-4-5-7-14/h9,16H,3-8,10H2,1-2H3. The highest BCUT2D eigenvalue weighted by atomic mass is 35.5. The van der Waals surface area contributed by atoms with Gasteiger partial charge in [0.25, 0.3) is 5.56 Å². The molecule has 0 aliphatic heterocycles. The molecule has 20 heavy (non-hydrogen) atoms. The van der Waals surface area contributed by atoms with Gasteiger partial charge < -0.3 is 5.32 Å². The quantitative estimate of drug-likeness (QED) is 0.874. The third-order valence-corrected chi connectivity index (χ3v) is 5.75. The molecule has 0 bridgehead atoms. The first-order chi connectivity index (χ1) is 9.62. The van der Waals surface area contributed by atoms with E-state index in [1.807, 2.05) is 18.7 Å². The van der Waals surface area contributed by atoms with Crippen LogP contribution in [-0.2, 0) is 6.54 Å². The molecule has 1 N–H and O–H groups in total. The lowest BCUT2D eigenvalue weighted by Gasteiger charge is -2.27. The average Bonchev–Trinajstić information content (AvgIpc) is 2.93. The van der Waals surface area contributed by atoms with Crippen molar-refractivity contribution >= 4 is 29.1 Å². The number of aromatic nitrogens is 2. The van der Waals surface area contributed by atoms with Gasteiger partial charge in [-0.15, -0.1) is 0 Å². The zero-order chi connectivity index (χ0) is 14.6. The molecule has 112 valence electrons. The van der Waals surface area contributed by atoms with Crippen LogP contribution in [0.2, 0.25) is 5.02 Å². The average molecular weight is 316 g/mol. The van der Waals surface area contributed by atoms with Crippen molar-refractivity contribution < 1.29 is 0 Å². The van der Waals surface area contributed by atoms with E-state index in [2.05, 4.69) is 16.7 Å². The van der Waals surface area contributed by atoms with Gasteiger partial charge in [-0.3, -0.25) is 4.79 Å². The highest BCUT2D eigenvalue weighted by Gasteiger charge is 2.32.